The number of ether oxygens (including phenoxy) is 1. The average molecular weight is 432 g/mol. The highest BCUT2D eigenvalue weighted by Crippen LogP contribution is 2.33. The maximum absolute atomic E-state index is 6.36. The second kappa shape index (κ2) is 6.24. The lowest BCUT2D eigenvalue weighted by molar-refractivity contribution is 0.407. The smallest absolute Gasteiger partial charge is 0.124 e. The molecular weight excluding hydrogens is 417 g/mol. The van der Waals surface area contributed by atoms with Crippen LogP contribution in [0.5, 0.6) is 5.75 Å². The van der Waals surface area contributed by atoms with Crippen LogP contribution in [0.1, 0.15) is 22.7 Å². The molecule has 0 amide bonds. The molecule has 0 aliphatic heterocycles. The second-order valence-corrected chi connectivity index (χ2v) is 6.47. The van der Waals surface area contributed by atoms with E-state index in [1.165, 1.54) is 3.57 Å². The number of hydrogen-bond donors (Lipinski definition) is 1. The van der Waals surface area contributed by atoms with E-state index < -0.39 is 0 Å². The second-order valence-electron chi connectivity index (χ2n) is 4.37. The number of hydrogen-bond acceptors (Lipinski definition) is 2. The lowest BCUT2D eigenvalue weighted by Gasteiger charge is -2.17. The molecule has 2 N–H and O–H groups in total. The van der Waals surface area contributed by atoms with Gasteiger partial charge in [-0.2, -0.15) is 0 Å². The molecule has 0 aromatic heterocycles. The van der Waals surface area contributed by atoms with Gasteiger partial charge in [0.15, 0.2) is 0 Å². The molecule has 0 saturated carbocycles. The number of halogens is 2. The van der Waals surface area contributed by atoms with Crippen molar-refractivity contribution in [1.29, 1.82) is 0 Å². The van der Waals surface area contributed by atoms with Gasteiger partial charge in [-0.1, -0.05) is 28.1 Å². The highest BCUT2D eigenvalue weighted by Gasteiger charge is 2.15. The Balaban J connectivity index is 2.45. The van der Waals surface area contributed by atoms with E-state index in [-0.39, 0.29) is 6.04 Å². The van der Waals surface area contributed by atoms with Gasteiger partial charge in [-0.3, -0.25) is 0 Å². The normalized spacial score (nSPS) is 12.3. The summed E-state index contributed by atoms with van der Waals surface area (Å²) in [6.45, 7) is 2.03. The summed E-state index contributed by atoms with van der Waals surface area (Å²) in [5.41, 5.74) is 9.56. The number of benzene rings is 2. The molecule has 0 spiro atoms. The first-order valence-corrected chi connectivity index (χ1v) is 7.75. The average Bonchev–Trinajstić information content (AvgIpc) is 2.41. The van der Waals surface area contributed by atoms with Crippen LogP contribution in [-0.4, -0.2) is 7.11 Å². The first-order chi connectivity index (χ1) is 9.02. The van der Waals surface area contributed by atoms with Crippen LogP contribution in [0.15, 0.2) is 40.9 Å². The lowest BCUT2D eigenvalue weighted by atomic mass is 9.98. The topological polar surface area (TPSA) is 35.2 Å². The lowest BCUT2D eigenvalue weighted by Crippen LogP contribution is -2.13. The maximum Gasteiger partial charge on any atom is 0.124 e. The minimum atomic E-state index is -0.191. The third kappa shape index (κ3) is 3.30. The standard InChI is InChI=1S/C15H15BrINO/c1-9-7-14(19-2)12(8-13(9)16)15(18)10-3-5-11(17)6-4-10/h3-8,15H,18H2,1-2H3. The van der Waals surface area contributed by atoms with Crippen molar-refractivity contribution >= 4 is 38.5 Å². The fourth-order valence-electron chi connectivity index (χ4n) is 1.94. The summed E-state index contributed by atoms with van der Waals surface area (Å²) >= 11 is 5.83. The molecule has 0 fully saturated rings. The predicted octanol–water partition coefficient (Wildman–Crippen LogP) is 4.42. The van der Waals surface area contributed by atoms with Gasteiger partial charge in [0.05, 0.1) is 13.2 Å². The van der Waals surface area contributed by atoms with Crippen molar-refractivity contribution in [3.8, 4) is 5.75 Å². The molecule has 19 heavy (non-hydrogen) atoms. The van der Waals surface area contributed by atoms with E-state index in [9.17, 15) is 0 Å². The fraction of sp³-hybridized carbons (Fsp3) is 0.200. The molecule has 2 aromatic carbocycles. The van der Waals surface area contributed by atoms with Crippen LogP contribution in [0.2, 0.25) is 0 Å². The first-order valence-electron chi connectivity index (χ1n) is 5.88. The Morgan fingerprint density at radius 3 is 2.42 bits per heavy atom. The Hall–Kier alpha value is -0.590. The first kappa shape index (κ1) is 14.8. The minimum absolute atomic E-state index is 0.191. The fourth-order valence-corrected chi connectivity index (χ4v) is 2.66. The van der Waals surface area contributed by atoms with E-state index in [2.05, 4.69) is 62.8 Å². The van der Waals surface area contributed by atoms with E-state index >= 15 is 0 Å². The van der Waals surface area contributed by atoms with E-state index in [0.717, 1.165) is 26.9 Å². The molecule has 0 aliphatic carbocycles. The summed E-state index contributed by atoms with van der Waals surface area (Å²) < 4.78 is 7.69. The van der Waals surface area contributed by atoms with Gasteiger partial charge in [0.1, 0.15) is 5.75 Å². The van der Waals surface area contributed by atoms with E-state index in [1.54, 1.807) is 7.11 Å². The van der Waals surface area contributed by atoms with Gasteiger partial charge in [0.25, 0.3) is 0 Å². The SMILES string of the molecule is COc1cc(C)c(Br)cc1C(N)c1ccc(I)cc1. The van der Waals surface area contributed by atoms with Crippen molar-refractivity contribution in [2.24, 2.45) is 5.73 Å². The van der Waals surface area contributed by atoms with Crippen LogP contribution in [-0.2, 0) is 0 Å². The Labute approximate surface area is 135 Å². The molecule has 0 saturated heterocycles. The molecule has 0 heterocycles. The van der Waals surface area contributed by atoms with Crippen molar-refractivity contribution in [1.82, 2.24) is 0 Å². The van der Waals surface area contributed by atoms with E-state index in [1.807, 2.05) is 19.1 Å². The van der Waals surface area contributed by atoms with Gasteiger partial charge in [-0.05, 0) is 64.9 Å². The highest BCUT2D eigenvalue weighted by molar-refractivity contribution is 14.1. The summed E-state index contributed by atoms with van der Waals surface area (Å²) in [5.74, 6) is 0.826. The molecule has 0 bridgehead atoms. The summed E-state index contributed by atoms with van der Waals surface area (Å²) in [6, 6.07) is 12.1. The zero-order valence-corrected chi connectivity index (χ0v) is 14.5. The van der Waals surface area contributed by atoms with Gasteiger partial charge in [-0.15, -0.1) is 0 Å². The Morgan fingerprint density at radius 2 is 1.84 bits per heavy atom. The molecule has 4 heteroatoms. The Bertz CT molecular complexity index is 583. The van der Waals surface area contributed by atoms with Crippen molar-refractivity contribution in [2.75, 3.05) is 7.11 Å². The summed E-state index contributed by atoms with van der Waals surface area (Å²) in [7, 11) is 1.67. The number of aryl methyl sites for hydroxylation is 1. The van der Waals surface area contributed by atoms with Gasteiger partial charge < -0.3 is 10.5 Å². The third-order valence-electron chi connectivity index (χ3n) is 3.08. The zero-order valence-electron chi connectivity index (χ0n) is 10.8. The highest BCUT2D eigenvalue weighted by atomic mass is 127. The molecule has 1 atom stereocenters. The van der Waals surface area contributed by atoms with Crippen LogP contribution in [0.25, 0.3) is 0 Å². The van der Waals surface area contributed by atoms with Crippen LogP contribution >= 0.6 is 38.5 Å². The van der Waals surface area contributed by atoms with Crippen LogP contribution < -0.4 is 10.5 Å². The van der Waals surface area contributed by atoms with Gasteiger partial charge in [0, 0.05) is 13.6 Å². The molecule has 2 aromatic rings. The third-order valence-corrected chi connectivity index (χ3v) is 4.65. The van der Waals surface area contributed by atoms with Crippen molar-refractivity contribution in [2.45, 2.75) is 13.0 Å². The maximum atomic E-state index is 6.36. The molecular formula is C15H15BrINO. The van der Waals surface area contributed by atoms with Gasteiger partial charge in [-0.25, -0.2) is 0 Å². The van der Waals surface area contributed by atoms with E-state index in [4.69, 9.17) is 10.5 Å². The molecule has 1 unspecified atom stereocenters. The minimum Gasteiger partial charge on any atom is -0.496 e. The van der Waals surface area contributed by atoms with Crippen molar-refractivity contribution < 1.29 is 4.74 Å². The van der Waals surface area contributed by atoms with Crippen molar-refractivity contribution in [3.63, 3.8) is 0 Å². The Morgan fingerprint density at radius 1 is 1.21 bits per heavy atom. The predicted molar refractivity (Wildman–Crippen MR) is 90.6 cm³/mol. The molecule has 2 rings (SSSR count). The quantitative estimate of drug-likeness (QED) is 0.730. The Kier molecular flexibility index (Phi) is 4.86. The summed E-state index contributed by atoms with van der Waals surface area (Å²) in [5, 5.41) is 0. The summed E-state index contributed by atoms with van der Waals surface area (Å²) in [6.07, 6.45) is 0. The zero-order chi connectivity index (χ0) is 14.0. The van der Waals surface area contributed by atoms with Crippen LogP contribution in [0.3, 0.4) is 0 Å². The molecule has 0 radical (unpaired) electrons. The molecule has 2 nitrogen and oxygen atoms in total. The molecule has 100 valence electrons. The van der Waals surface area contributed by atoms with E-state index in [0.29, 0.717) is 0 Å². The molecule has 0 aliphatic rings. The van der Waals surface area contributed by atoms with Gasteiger partial charge in [0.2, 0.25) is 0 Å². The van der Waals surface area contributed by atoms with Crippen LogP contribution in [0.4, 0.5) is 0 Å². The van der Waals surface area contributed by atoms with Crippen molar-refractivity contribution in [3.05, 3.63) is 61.1 Å². The number of nitrogens with two attached hydrogens (primary N) is 1. The monoisotopic (exact) mass is 431 g/mol. The summed E-state index contributed by atoms with van der Waals surface area (Å²) in [4.78, 5) is 0. The van der Waals surface area contributed by atoms with Gasteiger partial charge >= 0.3 is 0 Å². The largest absolute Gasteiger partial charge is 0.496 e. The number of rotatable bonds is 3. The number of methoxy groups -OCH3 is 1. The van der Waals surface area contributed by atoms with Crippen LogP contribution in [0, 0.1) is 10.5 Å².